The van der Waals surface area contributed by atoms with Crippen molar-refractivity contribution in [3.63, 3.8) is 0 Å². The summed E-state index contributed by atoms with van der Waals surface area (Å²) in [6.07, 6.45) is 3.92. The highest BCUT2D eigenvalue weighted by molar-refractivity contribution is 5.85. The van der Waals surface area contributed by atoms with Gasteiger partial charge in [-0.25, -0.2) is 0 Å². The average molecular weight is 283 g/mol. The van der Waals surface area contributed by atoms with Crippen LogP contribution in [0.4, 0.5) is 0 Å². The van der Waals surface area contributed by atoms with Crippen LogP contribution in [-0.2, 0) is 6.42 Å². The normalized spacial score (nSPS) is 17.1. The minimum Gasteiger partial charge on any atom is -0.317 e. The van der Waals surface area contributed by atoms with Gasteiger partial charge >= 0.3 is 0 Å². The third kappa shape index (κ3) is 5.94. The number of benzene rings is 1. The Kier molecular flexibility index (Phi) is 8.11. The number of piperidine rings is 1. The molecule has 0 radical (unpaired) electrons. The second kappa shape index (κ2) is 9.35. The number of rotatable bonds is 6. The molecule has 1 aliphatic rings. The van der Waals surface area contributed by atoms with Gasteiger partial charge in [0.05, 0.1) is 0 Å². The Morgan fingerprint density at radius 2 is 1.84 bits per heavy atom. The van der Waals surface area contributed by atoms with Gasteiger partial charge in [-0.1, -0.05) is 37.3 Å². The van der Waals surface area contributed by atoms with Gasteiger partial charge in [0.15, 0.2) is 0 Å². The molecule has 2 nitrogen and oxygen atoms in total. The molecule has 2 rings (SSSR count). The largest absolute Gasteiger partial charge is 0.317 e. The van der Waals surface area contributed by atoms with Crippen LogP contribution in [0.3, 0.4) is 0 Å². The summed E-state index contributed by atoms with van der Waals surface area (Å²) in [5, 5.41) is 3.47. The van der Waals surface area contributed by atoms with Crippen LogP contribution in [0.5, 0.6) is 0 Å². The van der Waals surface area contributed by atoms with Crippen LogP contribution < -0.4 is 5.32 Å². The van der Waals surface area contributed by atoms with Crippen molar-refractivity contribution in [1.29, 1.82) is 0 Å². The predicted molar refractivity (Wildman–Crippen MR) is 85.1 cm³/mol. The van der Waals surface area contributed by atoms with Gasteiger partial charge in [-0.3, -0.25) is 0 Å². The molecule has 0 spiro atoms. The first-order chi connectivity index (χ1) is 8.88. The molecule has 1 aromatic carbocycles. The Morgan fingerprint density at radius 3 is 2.47 bits per heavy atom. The quantitative estimate of drug-likeness (QED) is 0.863. The first-order valence-electron chi connectivity index (χ1n) is 7.35. The summed E-state index contributed by atoms with van der Waals surface area (Å²) >= 11 is 0. The molecule has 1 aliphatic heterocycles. The number of halogens is 1. The lowest BCUT2D eigenvalue weighted by molar-refractivity contribution is 0.184. The van der Waals surface area contributed by atoms with Crippen LogP contribution in [0.25, 0.3) is 0 Å². The first kappa shape index (κ1) is 16.5. The topological polar surface area (TPSA) is 15.3 Å². The Bertz CT molecular complexity index is 321. The summed E-state index contributed by atoms with van der Waals surface area (Å²) in [6.45, 7) is 8.29. The highest BCUT2D eigenvalue weighted by Gasteiger charge is 2.18. The van der Waals surface area contributed by atoms with Crippen LogP contribution in [0.15, 0.2) is 30.3 Å². The number of nitrogens with zero attached hydrogens (tertiary/aromatic N) is 1. The van der Waals surface area contributed by atoms with E-state index in [1.165, 1.54) is 51.0 Å². The number of hydrogen-bond donors (Lipinski definition) is 1. The molecule has 1 saturated heterocycles. The van der Waals surface area contributed by atoms with Crippen LogP contribution in [0.2, 0.25) is 0 Å². The van der Waals surface area contributed by atoms with Crippen molar-refractivity contribution in [1.82, 2.24) is 10.2 Å². The molecule has 1 fully saturated rings. The van der Waals surface area contributed by atoms with Crippen LogP contribution in [-0.4, -0.2) is 37.6 Å². The van der Waals surface area contributed by atoms with E-state index in [1.807, 2.05) is 0 Å². The van der Waals surface area contributed by atoms with Crippen molar-refractivity contribution < 1.29 is 0 Å². The molecular weight excluding hydrogens is 256 g/mol. The van der Waals surface area contributed by atoms with Crippen molar-refractivity contribution >= 4 is 12.4 Å². The number of nitrogens with one attached hydrogen (secondary N) is 1. The van der Waals surface area contributed by atoms with Gasteiger partial charge in [0.25, 0.3) is 0 Å². The third-order valence-corrected chi connectivity index (χ3v) is 3.95. The Morgan fingerprint density at radius 1 is 1.16 bits per heavy atom. The molecular formula is C16H27ClN2. The molecule has 3 heteroatoms. The van der Waals surface area contributed by atoms with Gasteiger partial charge in [0.1, 0.15) is 0 Å². The minimum absolute atomic E-state index is 0. The van der Waals surface area contributed by atoms with E-state index in [0.29, 0.717) is 0 Å². The maximum Gasteiger partial charge on any atom is 0.00218 e. The summed E-state index contributed by atoms with van der Waals surface area (Å²) in [7, 11) is 0. The summed E-state index contributed by atoms with van der Waals surface area (Å²) in [5.74, 6) is 0.901. The molecule has 0 aromatic heterocycles. The zero-order valence-corrected chi connectivity index (χ0v) is 12.8. The van der Waals surface area contributed by atoms with E-state index < -0.39 is 0 Å². The van der Waals surface area contributed by atoms with E-state index in [2.05, 4.69) is 47.5 Å². The van der Waals surface area contributed by atoms with E-state index >= 15 is 0 Å². The van der Waals surface area contributed by atoms with Crippen molar-refractivity contribution in [2.24, 2.45) is 5.92 Å². The monoisotopic (exact) mass is 282 g/mol. The number of hydrogen-bond acceptors (Lipinski definition) is 2. The predicted octanol–water partition coefficient (Wildman–Crippen LogP) is 2.97. The molecule has 108 valence electrons. The maximum atomic E-state index is 3.47. The smallest absolute Gasteiger partial charge is 0.00218 e. The lowest BCUT2D eigenvalue weighted by atomic mass is 9.96. The maximum absolute atomic E-state index is 3.47. The zero-order valence-electron chi connectivity index (χ0n) is 12.0. The van der Waals surface area contributed by atoms with Gasteiger partial charge in [-0.15, -0.1) is 12.4 Å². The second-order valence-electron chi connectivity index (χ2n) is 5.33. The van der Waals surface area contributed by atoms with Crippen LogP contribution in [0.1, 0.15) is 25.3 Å². The van der Waals surface area contributed by atoms with Gasteiger partial charge in [-0.05, 0) is 56.9 Å². The van der Waals surface area contributed by atoms with Gasteiger partial charge in [0, 0.05) is 6.54 Å². The van der Waals surface area contributed by atoms with Crippen molar-refractivity contribution in [3.8, 4) is 0 Å². The molecule has 0 saturated carbocycles. The molecule has 19 heavy (non-hydrogen) atoms. The summed E-state index contributed by atoms with van der Waals surface area (Å²) in [6, 6.07) is 10.8. The molecule has 0 unspecified atom stereocenters. The summed E-state index contributed by atoms with van der Waals surface area (Å²) < 4.78 is 0. The highest BCUT2D eigenvalue weighted by atomic mass is 35.5. The molecule has 0 bridgehead atoms. The van der Waals surface area contributed by atoms with Crippen molar-refractivity contribution in [2.45, 2.75) is 26.2 Å². The average Bonchev–Trinajstić information content (AvgIpc) is 2.45. The lowest BCUT2D eigenvalue weighted by Crippen LogP contribution is -2.38. The fraction of sp³-hybridized carbons (Fsp3) is 0.625. The van der Waals surface area contributed by atoms with E-state index in [0.717, 1.165) is 12.5 Å². The highest BCUT2D eigenvalue weighted by Crippen LogP contribution is 2.16. The fourth-order valence-electron chi connectivity index (χ4n) is 2.69. The van der Waals surface area contributed by atoms with Gasteiger partial charge in [0.2, 0.25) is 0 Å². The first-order valence-corrected chi connectivity index (χ1v) is 7.35. The molecule has 0 amide bonds. The minimum atomic E-state index is 0. The van der Waals surface area contributed by atoms with E-state index in [1.54, 1.807) is 0 Å². The Labute approximate surface area is 124 Å². The Hall–Kier alpha value is -0.570. The number of likely N-dealkylation sites (tertiary alicyclic amines) is 1. The van der Waals surface area contributed by atoms with E-state index in [4.69, 9.17) is 0 Å². The van der Waals surface area contributed by atoms with Gasteiger partial charge in [-0.2, -0.15) is 0 Å². The summed E-state index contributed by atoms with van der Waals surface area (Å²) in [5.41, 5.74) is 1.47. The molecule has 1 N–H and O–H groups in total. The van der Waals surface area contributed by atoms with Crippen molar-refractivity contribution in [2.75, 3.05) is 32.7 Å². The molecule has 1 heterocycles. The van der Waals surface area contributed by atoms with E-state index in [-0.39, 0.29) is 12.4 Å². The molecule has 1 aromatic rings. The third-order valence-electron chi connectivity index (χ3n) is 3.95. The Balaban J connectivity index is 0.00000180. The standard InChI is InChI=1S/C16H26N2.ClH/c1-2-17-14-16-9-12-18(13-10-16)11-8-15-6-4-3-5-7-15;/h3-7,16-17H,2,8-14H2,1H3;1H. The van der Waals surface area contributed by atoms with E-state index in [9.17, 15) is 0 Å². The fourth-order valence-corrected chi connectivity index (χ4v) is 2.69. The van der Waals surface area contributed by atoms with Crippen molar-refractivity contribution in [3.05, 3.63) is 35.9 Å². The molecule has 0 aliphatic carbocycles. The van der Waals surface area contributed by atoms with Crippen LogP contribution in [0, 0.1) is 5.92 Å². The van der Waals surface area contributed by atoms with Gasteiger partial charge < -0.3 is 10.2 Å². The molecule has 0 atom stereocenters. The summed E-state index contributed by atoms with van der Waals surface area (Å²) in [4.78, 5) is 2.62. The zero-order chi connectivity index (χ0) is 12.6. The lowest BCUT2D eigenvalue weighted by Gasteiger charge is -2.32. The van der Waals surface area contributed by atoms with Crippen LogP contribution >= 0.6 is 12.4 Å². The SMILES string of the molecule is CCNCC1CCN(CCc2ccccc2)CC1.Cl. The second-order valence-corrected chi connectivity index (χ2v) is 5.33.